The number of carbonyl (C=O) groups is 2. The molecule has 34 heavy (non-hydrogen) atoms. The quantitative estimate of drug-likeness (QED) is 0.456. The van der Waals surface area contributed by atoms with Gasteiger partial charge >= 0.3 is 12.1 Å². The van der Waals surface area contributed by atoms with Crippen LogP contribution in [0.3, 0.4) is 0 Å². The van der Waals surface area contributed by atoms with Crippen LogP contribution in [0.4, 0.5) is 4.79 Å². The molecule has 1 amide bonds. The van der Waals surface area contributed by atoms with Crippen LogP contribution in [0.1, 0.15) is 35.1 Å². The number of ether oxygens (including phenoxy) is 2. The van der Waals surface area contributed by atoms with Crippen LogP contribution in [0.5, 0.6) is 11.5 Å². The number of phenolic OH excluding ortho intramolecular Hbond substituents is 1. The maximum Gasteiger partial charge on any atom is 0.407 e. The van der Waals surface area contributed by atoms with Crippen LogP contribution in [-0.4, -0.2) is 42.0 Å². The van der Waals surface area contributed by atoms with Gasteiger partial charge in [0, 0.05) is 17.9 Å². The Balaban J connectivity index is 1.47. The molecule has 0 spiro atoms. The first-order valence-corrected chi connectivity index (χ1v) is 11.2. The molecule has 4 rings (SSSR count). The van der Waals surface area contributed by atoms with Crippen LogP contribution in [0.15, 0.2) is 60.7 Å². The number of methoxy groups -OCH3 is 1. The highest BCUT2D eigenvalue weighted by Gasteiger charge is 2.30. The fourth-order valence-electron chi connectivity index (χ4n) is 4.45. The minimum absolute atomic E-state index is 0.0800. The summed E-state index contributed by atoms with van der Waals surface area (Å²) in [6, 6.07) is 18.1. The van der Waals surface area contributed by atoms with Crippen molar-refractivity contribution >= 4 is 12.1 Å². The summed E-state index contributed by atoms with van der Waals surface area (Å²) in [5, 5.41) is 22.6. The van der Waals surface area contributed by atoms with Crippen molar-refractivity contribution in [2.75, 3.05) is 13.7 Å². The Morgan fingerprint density at radius 1 is 1.03 bits per heavy atom. The van der Waals surface area contributed by atoms with Gasteiger partial charge < -0.3 is 25.0 Å². The van der Waals surface area contributed by atoms with E-state index in [0.29, 0.717) is 12.0 Å². The van der Waals surface area contributed by atoms with Gasteiger partial charge in [-0.05, 0) is 40.3 Å². The molecule has 1 aliphatic rings. The summed E-state index contributed by atoms with van der Waals surface area (Å²) >= 11 is 0. The molecule has 176 valence electrons. The number of rotatable bonds is 8. The summed E-state index contributed by atoms with van der Waals surface area (Å²) in [4.78, 5) is 24.4. The number of aliphatic carboxylic acids is 1. The third kappa shape index (κ3) is 4.55. The van der Waals surface area contributed by atoms with Crippen molar-refractivity contribution in [2.24, 2.45) is 0 Å². The second-order valence-electron chi connectivity index (χ2n) is 8.22. The Hall–Kier alpha value is -4.00. The number of aromatic hydroxyl groups is 1. The molecule has 0 radical (unpaired) electrons. The van der Waals surface area contributed by atoms with E-state index in [4.69, 9.17) is 9.47 Å². The first-order valence-electron chi connectivity index (χ1n) is 11.2. The molecule has 0 aromatic heterocycles. The van der Waals surface area contributed by atoms with E-state index in [0.717, 1.165) is 27.8 Å². The van der Waals surface area contributed by atoms with Crippen molar-refractivity contribution in [3.8, 4) is 22.6 Å². The largest absolute Gasteiger partial charge is 0.504 e. The van der Waals surface area contributed by atoms with Gasteiger partial charge in [0.05, 0.1) is 7.11 Å². The van der Waals surface area contributed by atoms with Gasteiger partial charge in [-0.1, -0.05) is 61.5 Å². The molecule has 1 aliphatic carbocycles. The zero-order valence-corrected chi connectivity index (χ0v) is 19.1. The van der Waals surface area contributed by atoms with Gasteiger partial charge in [0.2, 0.25) is 0 Å². The number of hydrogen-bond donors (Lipinski definition) is 3. The number of alkyl carbamates (subject to hydrolysis) is 1. The van der Waals surface area contributed by atoms with Crippen LogP contribution in [0, 0.1) is 0 Å². The van der Waals surface area contributed by atoms with E-state index in [1.54, 1.807) is 12.1 Å². The summed E-state index contributed by atoms with van der Waals surface area (Å²) in [6.07, 6.45) is -0.260. The molecule has 0 heterocycles. The monoisotopic (exact) mass is 461 g/mol. The fourth-order valence-corrected chi connectivity index (χ4v) is 4.45. The fraction of sp³-hybridized carbons (Fsp3) is 0.259. The Labute approximate surface area is 198 Å². The summed E-state index contributed by atoms with van der Waals surface area (Å²) in [5.41, 5.74) is 5.61. The van der Waals surface area contributed by atoms with Gasteiger partial charge in [0.1, 0.15) is 12.6 Å². The minimum atomic E-state index is -1.28. The second kappa shape index (κ2) is 9.87. The molecule has 0 fully saturated rings. The molecular weight excluding hydrogens is 434 g/mol. The van der Waals surface area contributed by atoms with Crippen molar-refractivity contribution < 1.29 is 29.3 Å². The first-order chi connectivity index (χ1) is 16.4. The van der Waals surface area contributed by atoms with Gasteiger partial charge in [0.15, 0.2) is 11.5 Å². The topological polar surface area (TPSA) is 105 Å². The predicted molar refractivity (Wildman–Crippen MR) is 127 cm³/mol. The van der Waals surface area contributed by atoms with E-state index in [9.17, 15) is 19.8 Å². The highest BCUT2D eigenvalue weighted by atomic mass is 16.5. The van der Waals surface area contributed by atoms with E-state index in [-0.39, 0.29) is 30.4 Å². The Bertz CT molecular complexity index is 1180. The van der Waals surface area contributed by atoms with Crippen LogP contribution in [0.2, 0.25) is 0 Å². The van der Waals surface area contributed by atoms with E-state index < -0.39 is 18.1 Å². The lowest BCUT2D eigenvalue weighted by Gasteiger charge is -2.19. The summed E-state index contributed by atoms with van der Waals surface area (Å²) < 4.78 is 10.7. The molecular formula is C27H27NO6. The highest BCUT2D eigenvalue weighted by Crippen LogP contribution is 2.44. The molecule has 7 nitrogen and oxygen atoms in total. The SMILES string of the molecule is CCc1cc(CC(NC(=O)OCC2c3ccccc3-c3ccccc32)C(=O)O)c(O)c(OC)c1. The highest BCUT2D eigenvalue weighted by molar-refractivity contribution is 5.81. The summed E-state index contributed by atoms with van der Waals surface area (Å²) in [5.74, 6) is -1.23. The zero-order valence-electron chi connectivity index (χ0n) is 19.1. The number of fused-ring (bicyclic) bond motifs is 3. The molecule has 1 atom stereocenters. The molecule has 0 bridgehead atoms. The molecule has 3 aromatic rings. The molecule has 3 N–H and O–H groups in total. The van der Waals surface area contributed by atoms with Gasteiger partial charge in [-0.3, -0.25) is 0 Å². The lowest BCUT2D eigenvalue weighted by molar-refractivity contribution is -0.139. The van der Waals surface area contributed by atoms with Crippen molar-refractivity contribution in [2.45, 2.75) is 31.7 Å². The first kappa shape index (κ1) is 23.2. The average molecular weight is 462 g/mol. The summed E-state index contributed by atoms with van der Waals surface area (Å²) in [6.45, 7) is 2.02. The van der Waals surface area contributed by atoms with Crippen molar-refractivity contribution in [3.05, 3.63) is 82.9 Å². The molecule has 0 saturated heterocycles. The van der Waals surface area contributed by atoms with E-state index in [1.165, 1.54) is 7.11 Å². The normalized spacial score (nSPS) is 13.0. The molecule has 0 saturated carbocycles. The number of hydrogen-bond acceptors (Lipinski definition) is 5. The third-order valence-electron chi connectivity index (χ3n) is 6.20. The lowest BCUT2D eigenvalue weighted by atomic mass is 9.98. The number of amides is 1. The number of benzene rings is 3. The van der Waals surface area contributed by atoms with Crippen molar-refractivity contribution in [1.82, 2.24) is 5.32 Å². The van der Waals surface area contributed by atoms with Crippen LogP contribution >= 0.6 is 0 Å². The van der Waals surface area contributed by atoms with Crippen LogP contribution in [0.25, 0.3) is 11.1 Å². The number of nitrogens with one attached hydrogen (secondary N) is 1. The van der Waals surface area contributed by atoms with Crippen molar-refractivity contribution in [1.29, 1.82) is 0 Å². The Kier molecular flexibility index (Phi) is 6.72. The number of carbonyl (C=O) groups excluding carboxylic acids is 1. The second-order valence-corrected chi connectivity index (χ2v) is 8.22. The molecule has 7 heteroatoms. The van der Waals surface area contributed by atoms with E-state index >= 15 is 0 Å². The predicted octanol–water partition coefficient (Wildman–Crippen LogP) is 4.50. The number of carboxylic acids is 1. The Morgan fingerprint density at radius 3 is 2.21 bits per heavy atom. The minimum Gasteiger partial charge on any atom is -0.504 e. The number of carboxylic acid groups (broad SMARTS) is 1. The average Bonchev–Trinajstić information content (AvgIpc) is 3.17. The molecule has 3 aromatic carbocycles. The van der Waals surface area contributed by atoms with Gasteiger partial charge in [0.25, 0.3) is 0 Å². The third-order valence-corrected chi connectivity index (χ3v) is 6.20. The summed E-state index contributed by atoms with van der Waals surface area (Å²) in [7, 11) is 1.43. The zero-order chi connectivity index (χ0) is 24.2. The number of aryl methyl sites for hydroxylation is 1. The van der Waals surface area contributed by atoms with E-state index in [2.05, 4.69) is 5.32 Å². The maximum absolute atomic E-state index is 12.6. The smallest absolute Gasteiger partial charge is 0.407 e. The van der Waals surface area contributed by atoms with E-state index in [1.807, 2.05) is 55.5 Å². The van der Waals surface area contributed by atoms with Crippen LogP contribution in [-0.2, 0) is 22.4 Å². The molecule has 0 aliphatic heterocycles. The maximum atomic E-state index is 12.6. The Morgan fingerprint density at radius 2 is 1.65 bits per heavy atom. The number of phenols is 1. The molecule has 1 unspecified atom stereocenters. The van der Waals surface area contributed by atoms with Crippen molar-refractivity contribution in [3.63, 3.8) is 0 Å². The van der Waals surface area contributed by atoms with Crippen LogP contribution < -0.4 is 10.1 Å². The van der Waals surface area contributed by atoms with Gasteiger partial charge in [-0.2, -0.15) is 0 Å². The van der Waals surface area contributed by atoms with Gasteiger partial charge in [-0.25, -0.2) is 9.59 Å². The standard InChI is InChI=1S/C27H27NO6/c1-3-16-12-17(25(29)24(13-16)33-2)14-23(26(30)31)28-27(32)34-15-22-20-10-6-4-8-18(20)19-9-5-7-11-21(19)22/h4-13,22-23,29H,3,14-15H2,1-2H3,(H,28,32)(H,30,31). The van der Waals surface area contributed by atoms with Gasteiger partial charge in [-0.15, -0.1) is 0 Å². The lowest BCUT2D eigenvalue weighted by Crippen LogP contribution is -2.43.